The summed E-state index contributed by atoms with van der Waals surface area (Å²) in [5, 5.41) is 0.288. The fourth-order valence-corrected chi connectivity index (χ4v) is 0.803. The summed E-state index contributed by atoms with van der Waals surface area (Å²) >= 11 is 8.36. The second-order valence-corrected chi connectivity index (χ2v) is 2.73. The Labute approximate surface area is 65.8 Å². The summed E-state index contributed by atoms with van der Waals surface area (Å²) in [6.07, 6.45) is 0. The van der Waals surface area contributed by atoms with Gasteiger partial charge < -0.3 is 0 Å². The molecule has 0 aromatic heterocycles. The molecule has 0 heterocycles. The third kappa shape index (κ3) is 1.66. The first kappa shape index (κ1) is 7.03. The minimum Gasteiger partial charge on any atom is -0.205 e. The highest BCUT2D eigenvalue weighted by atomic mass is 79.9. The number of halogens is 3. The van der Waals surface area contributed by atoms with Crippen molar-refractivity contribution in [1.82, 2.24) is 0 Å². The zero-order valence-corrected chi connectivity index (χ0v) is 6.63. The smallest absolute Gasteiger partial charge is 0.146 e. The molecule has 0 aliphatic rings. The second kappa shape index (κ2) is 2.67. The van der Waals surface area contributed by atoms with Crippen molar-refractivity contribution in [1.29, 1.82) is 0 Å². The molecule has 0 amide bonds. The van der Waals surface area contributed by atoms with Crippen LogP contribution in [0.1, 0.15) is 0 Å². The Bertz CT molecular complexity index is 224. The van der Waals surface area contributed by atoms with Crippen molar-refractivity contribution >= 4 is 27.5 Å². The number of hydrogen-bond donors (Lipinski definition) is 0. The molecule has 0 saturated heterocycles. The van der Waals surface area contributed by atoms with Gasteiger partial charge in [0.1, 0.15) is 5.82 Å². The molecule has 0 unspecified atom stereocenters. The van der Waals surface area contributed by atoms with Crippen molar-refractivity contribution in [2.24, 2.45) is 0 Å². The van der Waals surface area contributed by atoms with E-state index in [1.54, 1.807) is 6.07 Å². The van der Waals surface area contributed by atoms with Gasteiger partial charge in [0, 0.05) is 6.07 Å². The molecule has 1 aromatic carbocycles. The fraction of sp³-hybridized carbons (Fsp3) is 0. The molecular formula is C6H2BrClF. The largest absolute Gasteiger partial charge is 0.205 e. The third-order valence-corrected chi connectivity index (χ3v) is 1.65. The van der Waals surface area contributed by atoms with E-state index in [4.69, 9.17) is 11.6 Å². The van der Waals surface area contributed by atoms with E-state index in [0.717, 1.165) is 0 Å². The molecule has 47 valence electrons. The predicted octanol–water partition coefficient (Wildman–Crippen LogP) is 3.04. The molecule has 9 heavy (non-hydrogen) atoms. The Morgan fingerprint density at radius 3 is 2.67 bits per heavy atom. The normalized spacial score (nSPS) is 9.67. The zero-order valence-electron chi connectivity index (χ0n) is 4.29. The van der Waals surface area contributed by atoms with E-state index in [1.165, 1.54) is 6.07 Å². The van der Waals surface area contributed by atoms with Crippen LogP contribution in [0.5, 0.6) is 0 Å². The molecule has 1 aromatic rings. The summed E-state index contributed by atoms with van der Waals surface area (Å²) in [6, 6.07) is 5.39. The second-order valence-electron chi connectivity index (χ2n) is 1.47. The van der Waals surface area contributed by atoms with Crippen molar-refractivity contribution in [2.45, 2.75) is 0 Å². The van der Waals surface area contributed by atoms with Crippen molar-refractivity contribution in [3.63, 3.8) is 0 Å². The maximum Gasteiger partial charge on any atom is 0.146 e. The first-order valence-electron chi connectivity index (χ1n) is 2.23. The average molecular weight is 208 g/mol. The highest BCUT2D eigenvalue weighted by Crippen LogP contribution is 2.17. The molecular weight excluding hydrogens is 206 g/mol. The fourth-order valence-electron chi connectivity index (χ4n) is 0.426. The molecule has 0 atom stereocenters. The van der Waals surface area contributed by atoms with Gasteiger partial charge in [0.25, 0.3) is 0 Å². The lowest BCUT2D eigenvalue weighted by molar-refractivity contribution is 0.619. The Kier molecular flexibility index (Phi) is 2.09. The van der Waals surface area contributed by atoms with Crippen LogP contribution in [0.4, 0.5) is 4.39 Å². The summed E-state index contributed by atoms with van der Waals surface area (Å²) in [4.78, 5) is 0. The summed E-state index contributed by atoms with van der Waals surface area (Å²) in [7, 11) is 0. The molecule has 3 heteroatoms. The van der Waals surface area contributed by atoms with Crippen LogP contribution in [0.2, 0.25) is 5.02 Å². The summed E-state index contributed by atoms with van der Waals surface area (Å²) in [6.45, 7) is 0. The van der Waals surface area contributed by atoms with E-state index in [0.29, 0.717) is 4.47 Å². The van der Waals surface area contributed by atoms with E-state index < -0.39 is 5.82 Å². The molecule has 0 saturated carbocycles. The number of rotatable bonds is 0. The highest BCUT2D eigenvalue weighted by molar-refractivity contribution is 9.10. The molecule has 0 bridgehead atoms. The van der Waals surface area contributed by atoms with Crippen LogP contribution in [-0.2, 0) is 0 Å². The topological polar surface area (TPSA) is 0 Å². The van der Waals surface area contributed by atoms with E-state index >= 15 is 0 Å². The van der Waals surface area contributed by atoms with E-state index in [1.807, 2.05) is 0 Å². The minimum absolute atomic E-state index is 0.288. The van der Waals surface area contributed by atoms with Gasteiger partial charge in [0.05, 0.1) is 9.50 Å². The Morgan fingerprint density at radius 1 is 1.56 bits per heavy atom. The van der Waals surface area contributed by atoms with Crippen molar-refractivity contribution in [3.8, 4) is 0 Å². The van der Waals surface area contributed by atoms with Gasteiger partial charge in [0.15, 0.2) is 0 Å². The maximum absolute atomic E-state index is 12.4. The van der Waals surface area contributed by atoms with E-state index in [-0.39, 0.29) is 5.02 Å². The average Bonchev–Trinajstić information content (AvgIpc) is 1.80. The van der Waals surface area contributed by atoms with Crippen LogP contribution >= 0.6 is 27.5 Å². The summed E-state index contributed by atoms with van der Waals surface area (Å²) in [5.74, 6) is -0.456. The van der Waals surface area contributed by atoms with Gasteiger partial charge in [0.2, 0.25) is 0 Å². The monoisotopic (exact) mass is 207 g/mol. The van der Waals surface area contributed by atoms with Gasteiger partial charge >= 0.3 is 0 Å². The molecule has 1 radical (unpaired) electrons. The Morgan fingerprint density at radius 2 is 2.22 bits per heavy atom. The third-order valence-electron chi connectivity index (χ3n) is 0.815. The van der Waals surface area contributed by atoms with E-state index in [2.05, 4.69) is 22.0 Å². The SMILES string of the molecule is Fc1[c]c(Cl)ccc1Br. The lowest BCUT2D eigenvalue weighted by atomic mass is 10.3. The van der Waals surface area contributed by atoms with Gasteiger partial charge in [-0.2, -0.15) is 0 Å². The lowest BCUT2D eigenvalue weighted by Gasteiger charge is -1.90. The Hall–Kier alpha value is -0.0800. The first-order chi connectivity index (χ1) is 4.20. The molecule has 0 fully saturated rings. The lowest BCUT2D eigenvalue weighted by Crippen LogP contribution is -1.74. The molecule has 0 aliphatic heterocycles. The molecule has 0 N–H and O–H groups in total. The Balaban J connectivity index is 3.17. The van der Waals surface area contributed by atoms with Gasteiger partial charge in [-0.25, -0.2) is 4.39 Å². The minimum atomic E-state index is -0.456. The van der Waals surface area contributed by atoms with E-state index in [9.17, 15) is 4.39 Å². The molecule has 0 spiro atoms. The van der Waals surface area contributed by atoms with Crippen LogP contribution in [0.3, 0.4) is 0 Å². The molecule has 1 rings (SSSR count). The van der Waals surface area contributed by atoms with Crippen LogP contribution in [0.25, 0.3) is 0 Å². The highest BCUT2D eigenvalue weighted by Gasteiger charge is 1.97. The van der Waals surface area contributed by atoms with Crippen LogP contribution in [0, 0.1) is 11.9 Å². The first-order valence-corrected chi connectivity index (χ1v) is 3.40. The van der Waals surface area contributed by atoms with Crippen LogP contribution in [0.15, 0.2) is 16.6 Å². The standard InChI is InChI=1S/C6H2BrClF/c7-5-2-1-4(8)3-6(5)9/h1-2H. The molecule has 0 aliphatic carbocycles. The zero-order chi connectivity index (χ0) is 6.85. The van der Waals surface area contributed by atoms with Gasteiger partial charge in [-0.3, -0.25) is 0 Å². The van der Waals surface area contributed by atoms with Gasteiger partial charge in [-0.1, -0.05) is 11.6 Å². The van der Waals surface area contributed by atoms with Crippen molar-refractivity contribution in [3.05, 3.63) is 33.5 Å². The summed E-state index contributed by atoms with van der Waals surface area (Å²) in [5.41, 5.74) is 0. The maximum atomic E-state index is 12.4. The van der Waals surface area contributed by atoms with Gasteiger partial charge in [-0.05, 0) is 28.1 Å². The van der Waals surface area contributed by atoms with Crippen LogP contribution < -0.4 is 0 Å². The van der Waals surface area contributed by atoms with Crippen LogP contribution in [-0.4, -0.2) is 0 Å². The van der Waals surface area contributed by atoms with Crippen molar-refractivity contribution in [2.75, 3.05) is 0 Å². The summed E-state index contributed by atoms with van der Waals surface area (Å²) < 4.78 is 12.8. The predicted molar refractivity (Wildman–Crippen MR) is 37.9 cm³/mol. The quantitative estimate of drug-likeness (QED) is 0.575. The van der Waals surface area contributed by atoms with Crippen molar-refractivity contribution < 1.29 is 4.39 Å². The number of hydrogen-bond acceptors (Lipinski definition) is 0. The van der Waals surface area contributed by atoms with Gasteiger partial charge in [-0.15, -0.1) is 0 Å². The number of benzene rings is 1. The molecule has 0 nitrogen and oxygen atoms in total.